The molecule has 0 saturated carbocycles. The molecule has 2 aromatic carbocycles. The highest BCUT2D eigenvalue weighted by atomic mass is 16.2. The van der Waals surface area contributed by atoms with E-state index in [0.29, 0.717) is 6.54 Å². The van der Waals surface area contributed by atoms with E-state index >= 15 is 0 Å². The number of carbonyl (C=O) groups is 2. The quantitative estimate of drug-likeness (QED) is 0.912. The second-order valence-corrected chi connectivity index (χ2v) is 7.12. The van der Waals surface area contributed by atoms with Gasteiger partial charge in [0, 0.05) is 12.2 Å². The average molecular weight is 336 g/mol. The van der Waals surface area contributed by atoms with Crippen molar-refractivity contribution < 1.29 is 9.59 Å². The fraction of sp³-hybridized carbons (Fsp3) is 0.333. The number of benzene rings is 2. The van der Waals surface area contributed by atoms with Crippen molar-refractivity contribution in [1.29, 1.82) is 0 Å². The van der Waals surface area contributed by atoms with E-state index in [-0.39, 0.29) is 18.4 Å². The van der Waals surface area contributed by atoms with Gasteiger partial charge in [-0.1, -0.05) is 48.0 Å². The molecule has 3 rings (SSSR count). The highest BCUT2D eigenvalue weighted by Gasteiger charge is 2.44. The number of aryl methyl sites for hydroxylation is 1. The van der Waals surface area contributed by atoms with Gasteiger partial charge in [-0.05, 0) is 44.4 Å². The molecule has 1 N–H and O–H groups in total. The van der Waals surface area contributed by atoms with Gasteiger partial charge >= 0.3 is 0 Å². The third-order valence-corrected chi connectivity index (χ3v) is 4.78. The van der Waals surface area contributed by atoms with Crippen molar-refractivity contribution in [2.24, 2.45) is 0 Å². The summed E-state index contributed by atoms with van der Waals surface area (Å²) < 4.78 is 0. The first kappa shape index (κ1) is 17.2. The highest BCUT2D eigenvalue weighted by Crippen LogP contribution is 2.41. The van der Waals surface area contributed by atoms with Crippen molar-refractivity contribution in [3.63, 3.8) is 0 Å². The normalized spacial score (nSPS) is 15.2. The van der Waals surface area contributed by atoms with E-state index in [1.807, 2.05) is 69.3 Å². The number of hydrogen-bond donors (Lipinski definition) is 1. The lowest BCUT2D eigenvalue weighted by Crippen LogP contribution is -2.43. The number of nitrogens with one attached hydrogen (secondary N) is 1. The predicted molar refractivity (Wildman–Crippen MR) is 99.7 cm³/mol. The summed E-state index contributed by atoms with van der Waals surface area (Å²) in [6.45, 7) is 6.48. The molecule has 1 aliphatic heterocycles. The lowest BCUT2D eigenvalue weighted by atomic mass is 9.85. The Morgan fingerprint density at radius 3 is 2.56 bits per heavy atom. The number of nitrogens with zero attached hydrogens (tertiary/aromatic N) is 1. The number of rotatable bonds is 5. The zero-order chi connectivity index (χ0) is 18.0. The molecule has 130 valence electrons. The second-order valence-electron chi connectivity index (χ2n) is 7.12. The average Bonchev–Trinajstić information content (AvgIpc) is 2.77. The fourth-order valence-electron chi connectivity index (χ4n) is 3.30. The Kier molecular flexibility index (Phi) is 4.62. The van der Waals surface area contributed by atoms with Crippen molar-refractivity contribution in [3.8, 4) is 0 Å². The van der Waals surface area contributed by atoms with Gasteiger partial charge in [0.2, 0.25) is 11.8 Å². The van der Waals surface area contributed by atoms with Crippen molar-refractivity contribution in [2.45, 2.75) is 32.6 Å². The summed E-state index contributed by atoms with van der Waals surface area (Å²) in [5.74, 6) is -0.153. The third kappa shape index (κ3) is 3.43. The van der Waals surface area contributed by atoms with Gasteiger partial charge in [0.1, 0.15) is 6.54 Å². The Bertz CT molecular complexity index is 797. The van der Waals surface area contributed by atoms with E-state index < -0.39 is 5.41 Å². The summed E-state index contributed by atoms with van der Waals surface area (Å²) >= 11 is 0. The maximum absolute atomic E-state index is 12.8. The van der Waals surface area contributed by atoms with E-state index in [1.54, 1.807) is 4.90 Å². The van der Waals surface area contributed by atoms with E-state index in [4.69, 9.17) is 0 Å². The summed E-state index contributed by atoms with van der Waals surface area (Å²) in [7, 11) is 0. The van der Waals surface area contributed by atoms with Crippen LogP contribution in [0.25, 0.3) is 0 Å². The smallest absolute Gasteiger partial charge is 0.240 e. The Hall–Kier alpha value is -2.62. The molecule has 0 atom stereocenters. The van der Waals surface area contributed by atoms with Crippen LogP contribution in [0, 0.1) is 6.92 Å². The zero-order valence-electron chi connectivity index (χ0n) is 15.0. The summed E-state index contributed by atoms with van der Waals surface area (Å²) in [4.78, 5) is 26.7. The first-order valence-corrected chi connectivity index (χ1v) is 8.63. The summed E-state index contributed by atoms with van der Waals surface area (Å²) in [5.41, 5.74) is 3.55. The summed E-state index contributed by atoms with van der Waals surface area (Å²) in [6, 6.07) is 16.0. The van der Waals surface area contributed by atoms with Crippen LogP contribution in [-0.2, 0) is 21.4 Å². The van der Waals surface area contributed by atoms with Crippen LogP contribution < -0.4 is 10.2 Å². The molecule has 4 heteroatoms. The van der Waals surface area contributed by atoms with Gasteiger partial charge in [0.15, 0.2) is 0 Å². The van der Waals surface area contributed by atoms with Crippen molar-refractivity contribution >= 4 is 17.5 Å². The molecule has 2 aromatic rings. The fourth-order valence-corrected chi connectivity index (χ4v) is 3.30. The largest absolute Gasteiger partial charge is 0.354 e. The topological polar surface area (TPSA) is 49.4 Å². The third-order valence-electron chi connectivity index (χ3n) is 4.78. The first-order valence-electron chi connectivity index (χ1n) is 8.63. The maximum atomic E-state index is 12.8. The second kappa shape index (κ2) is 6.71. The van der Waals surface area contributed by atoms with Gasteiger partial charge in [0.05, 0.1) is 5.41 Å². The van der Waals surface area contributed by atoms with E-state index in [2.05, 4.69) is 5.32 Å². The Morgan fingerprint density at radius 1 is 1.12 bits per heavy atom. The molecule has 0 unspecified atom stereocenters. The minimum Gasteiger partial charge on any atom is -0.354 e. The molecule has 0 bridgehead atoms. The molecule has 0 aromatic heterocycles. The van der Waals surface area contributed by atoms with E-state index in [1.165, 1.54) is 5.56 Å². The molecule has 0 spiro atoms. The van der Waals surface area contributed by atoms with Crippen LogP contribution >= 0.6 is 0 Å². The van der Waals surface area contributed by atoms with Crippen LogP contribution in [0.4, 0.5) is 5.69 Å². The number of carbonyl (C=O) groups excluding carboxylic acids is 2. The maximum Gasteiger partial charge on any atom is 0.240 e. The summed E-state index contributed by atoms with van der Waals surface area (Å²) in [6.07, 6.45) is 0.780. The standard InChI is InChI=1S/C21H24N2O2/c1-15-9-10-18-17(13-15)21(2,3)20(25)23(18)14-19(24)22-12-11-16-7-5-4-6-8-16/h4-10,13H,11-12,14H2,1-3H3,(H,22,24). The van der Waals surface area contributed by atoms with Crippen LogP contribution in [0.2, 0.25) is 0 Å². The van der Waals surface area contributed by atoms with Gasteiger partial charge in [0.25, 0.3) is 0 Å². The lowest BCUT2D eigenvalue weighted by molar-refractivity contribution is -0.125. The van der Waals surface area contributed by atoms with Gasteiger partial charge in [-0.3, -0.25) is 9.59 Å². The molecular weight excluding hydrogens is 312 g/mol. The predicted octanol–water partition coefficient (Wildman–Crippen LogP) is 2.98. The molecule has 1 heterocycles. The molecule has 1 aliphatic rings. The van der Waals surface area contributed by atoms with Crippen molar-refractivity contribution in [3.05, 3.63) is 65.2 Å². The van der Waals surface area contributed by atoms with Crippen LogP contribution in [0.1, 0.15) is 30.5 Å². The Morgan fingerprint density at radius 2 is 1.84 bits per heavy atom. The van der Waals surface area contributed by atoms with E-state index in [9.17, 15) is 9.59 Å². The highest BCUT2D eigenvalue weighted by molar-refractivity contribution is 6.10. The van der Waals surface area contributed by atoms with Crippen LogP contribution in [0.3, 0.4) is 0 Å². The van der Waals surface area contributed by atoms with Gasteiger partial charge in [-0.15, -0.1) is 0 Å². The van der Waals surface area contributed by atoms with Crippen LogP contribution in [-0.4, -0.2) is 24.9 Å². The van der Waals surface area contributed by atoms with Crippen molar-refractivity contribution in [1.82, 2.24) is 5.32 Å². The molecule has 0 saturated heterocycles. The summed E-state index contributed by atoms with van der Waals surface area (Å²) in [5, 5.41) is 2.92. The van der Waals surface area contributed by atoms with Gasteiger partial charge in [-0.2, -0.15) is 0 Å². The van der Waals surface area contributed by atoms with Gasteiger partial charge in [-0.25, -0.2) is 0 Å². The molecule has 0 fully saturated rings. The Balaban J connectivity index is 1.65. The SMILES string of the molecule is Cc1ccc2c(c1)C(C)(C)C(=O)N2CC(=O)NCCc1ccccc1. The lowest BCUT2D eigenvalue weighted by Gasteiger charge is -2.20. The number of amides is 2. The first-order chi connectivity index (χ1) is 11.9. The van der Waals surface area contributed by atoms with Crippen LogP contribution in [0.5, 0.6) is 0 Å². The molecular formula is C21H24N2O2. The number of anilines is 1. The minimum absolute atomic E-state index is 0.0219. The van der Waals surface area contributed by atoms with Crippen LogP contribution in [0.15, 0.2) is 48.5 Å². The number of hydrogen-bond acceptors (Lipinski definition) is 2. The molecule has 0 radical (unpaired) electrons. The van der Waals surface area contributed by atoms with E-state index in [0.717, 1.165) is 23.2 Å². The molecule has 0 aliphatic carbocycles. The number of fused-ring (bicyclic) bond motifs is 1. The molecule has 4 nitrogen and oxygen atoms in total. The minimum atomic E-state index is -0.592. The zero-order valence-corrected chi connectivity index (χ0v) is 15.0. The van der Waals surface area contributed by atoms with Crippen molar-refractivity contribution in [2.75, 3.05) is 18.0 Å². The van der Waals surface area contributed by atoms with Gasteiger partial charge < -0.3 is 10.2 Å². The Labute approximate surface area is 148 Å². The molecule has 25 heavy (non-hydrogen) atoms. The molecule has 2 amide bonds. The monoisotopic (exact) mass is 336 g/mol.